The van der Waals surface area contributed by atoms with E-state index in [-0.39, 0.29) is 18.3 Å². The predicted octanol–water partition coefficient (Wildman–Crippen LogP) is 2.76. The summed E-state index contributed by atoms with van der Waals surface area (Å²) in [5, 5.41) is 0. The summed E-state index contributed by atoms with van der Waals surface area (Å²) in [6.45, 7) is 8.17. The molecule has 0 bridgehead atoms. The molecule has 0 unspecified atom stereocenters. The highest BCUT2D eigenvalue weighted by molar-refractivity contribution is 9.10. The van der Waals surface area contributed by atoms with E-state index in [4.69, 9.17) is 14.0 Å². The minimum atomic E-state index is -0.375. The van der Waals surface area contributed by atoms with Gasteiger partial charge in [-0.1, -0.05) is 12.1 Å². The zero-order chi connectivity index (χ0) is 13.6. The van der Waals surface area contributed by atoms with Gasteiger partial charge in [0.2, 0.25) is 0 Å². The Hall–Kier alpha value is -0.515. The van der Waals surface area contributed by atoms with E-state index in [1.807, 2.05) is 45.9 Å². The molecule has 1 heterocycles. The minimum Gasteiger partial charge on any atom is -0.496 e. The number of methoxy groups -OCH3 is 1. The molecule has 1 aromatic carbocycles. The summed E-state index contributed by atoms with van der Waals surface area (Å²) in [4.78, 5) is 0. The molecule has 1 aliphatic rings. The molecule has 0 aromatic heterocycles. The van der Waals surface area contributed by atoms with Crippen LogP contribution in [0.3, 0.4) is 0 Å². The maximum Gasteiger partial charge on any atom is 0.496 e. The van der Waals surface area contributed by atoms with Crippen LogP contribution >= 0.6 is 15.9 Å². The van der Waals surface area contributed by atoms with E-state index in [0.717, 1.165) is 15.7 Å². The van der Waals surface area contributed by atoms with Crippen molar-refractivity contribution in [2.45, 2.75) is 38.9 Å². The third kappa shape index (κ3) is 2.19. The van der Waals surface area contributed by atoms with Crippen molar-refractivity contribution in [1.29, 1.82) is 0 Å². The number of ether oxygens (including phenoxy) is 1. The fraction of sp³-hybridized carbons (Fsp3) is 0.538. The van der Waals surface area contributed by atoms with Gasteiger partial charge in [-0.2, -0.15) is 0 Å². The van der Waals surface area contributed by atoms with Crippen LogP contribution in [0.25, 0.3) is 0 Å². The maximum atomic E-state index is 6.02. The molecule has 18 heavy (non-hydrogen) atoms. The first-order valence-electron chi connectivity index (χ1n) is 5.96. The van der Waals surface area contributed by atoms with Gasteiger partial charge in [0.05, 0.1) is 22.8 Å². The normalized spacial score (nSPS) is 21.1. The molecule has 0 amide bonds. The second-order valence-electron chi connectivity index (χ2n) is 5.45. The number of hydrogen-bond acceptors (Lipinski definition) is 3. The van der Waals surface area contributed by atoms with Crippen LogP contribution in [0.2, 0.25) is 0 Å². The van der Waals surface area contributed by atoms with Gasteiger partial charge < -0.3 is 14.0 Å². The average molecular weight is 313 g/mol. The number of benzene rings is 1. The lowest BCUT2D eigenvalue weighted by atomic mass is 9.79. The molecule has 1 saturated heterocycles. The van der Waals surface area contributed by atoms with Crippen molar-refractivity contribution in [1.82, 2.24) is 0 Å². The number of hydrogen-bond donors (Lipinski definition) is 0. The first-order valence-corrected chi connectivity index (χ1v) is 6.76. The van der Waals surface area contributed by atoms with E-state index in [1.54, 1.807) is 7.11 Å². The summed E-state index contributed by atoms with van der Waals surface area (Å²) in [7, 11) is 1.27. The molecule has 0 spiro atoms. The lowest BCUT2D eigenvalue weighted by Gasteiger charge is -2.32. The molecular weight excluding hydrogens is 295 g/mol. The molecule has 1 fully saturated rings. The molecular formula is C13H18BBrO3. The van der Waals surface area contributed by atoms with E-state index in [2.05, 4.69) is 15.9 Å². The van der Waals surface area contributed by atoms with E-state index >= 15 is 0 Å². The second kappa shape index (κ2) is 4.55. The van der Waals surface area contributed by atoms with Crippen LogP contribution in [0.4, 0.5) is 0 Å². The quantitative estimate of drug-likeness (QED) is 0.786. The van der Waals surface area contributed by atoms with Gasteiger partial charge in [0.15, 0.2) is 0 Å². The summed E-state index contributed by atoms with van der Waals surface area (Å²) >= 11 is 3.54. The Kier molecular flexibility index (Phi) is 3.51. The summed E-state index contributed by atoms with van der Waals surface area (Å²) < 4.78 is 18.2. The number of halogens is 1. The Bertz CT molecular complexity index is 444. The van der Waals surface area contributed by atoms with E-state index in [9.17, 15) is 0 Å². The van der Waals surface area contributed by atoms with Crippen LogP contribution < -0.4 is 10.2 Å². The summed E-state index contributed by atoms with van der Waals surface area (Å²) in [5.41, 5.74) is 0.286. The summed E-state index contributed by atoms with van der Waals surface area (Å²) in [6, 6.07) is 5.82. The van der Waals surface area contributed by atoms with E-state index in [0.29, 0.717) is 0 Å². The molecule has 0 saturated carbocycles. The first-order chi connectivity index (χ1) is 8.28. The van der Waals surface area contributed by atoms with Crippen molar-refractivity contribution in [2.24, 2.45) is 0 Å². The third-order valence-corrected chi connectivity index (χ3v) is 4.57. The third-order valence-electron chi connectivity index (χ3n) is 3.72. The first kappa shape index (κ1) is 13.9. The van der Waals surface area contributed by atoms with Crippen LogP contribution in [-0.2, 0) is 9.31 Å². The van der Waals surface area contributed by atoms with Gasteiger partial charge >= 0.3 is 7.12 Å². The Morgan fingerprint density at radius 2 is 1.67 bits per heavy atom. The Balaban J connectivity index is 2.35. The summed E-state index contributed by atoms with van der Waals surface area (Å²) in [5.74, 6) is 0.780. The van der Waals surface area contributed by atoms with Gasteiger partial charge in [0.25, 0.3) is 0 Å². The monoisotopic (exact) mass is 312 g/mol. The van der Waals surface area contributed by atoms with Crippen molar-refractivity contribution in [2.75, 3.05) is 7.11 Å². The predicted molar refractivity (Wildman–Crippen MR) is 76.4 cm³/mol. The highest BCUT2D eigenvalue weighted by atomic mass is 79.9. The molecule has 1 aromatic rings. The molecule has 1 aliphatic heterocycles. The molecule has 3 nitrogen and oxygen atoms in total. The molecule has 5 heteroatoms. The van der Waals surface area contributed by atoms with Crippen molar-refractivity contribution in [3.63, 3.8) is 0 Å². The van der Waals surface area contributed by atoms with Crippen LogP contribution in [0.5, 0.6) is 5.75 Å². The topological polar surface area (TPSA) is 27.7 Å². The average Bonchev–Trinajstić information content (AvgIpc) is 2.48. The van der Waals surface area contributed by atoms with Gasteiger partial charge in [-0.05, 0) is 49.7 Å². The highest BCUT2D eigenvalue weighted by Crippen LogP contribution is 2.37. The van der Waals surface area contributed by atoms with Gasteiger partial charge in [0, 0.05) is 5.46 Å². The molecule has 0 radical (unpaired) electrons. The van der Waals surface area contributed by atoms with Crippen molar-refractivity contribution >= 4 is 28.5 Å². The van der Waals surface area contributed by atoms with Crippen LogP contribution in [0.1, 0.15) is 27.7 Å². The van der Waals surface area contributed by atoms with Crippen molar-refractivity contribution < 1.29 is 14.0 Å². The Labute approximate surface area is 117 Å². The Morgan fingerprint density at radius 1 is 1.11 bits per heavy atom. The maximum absolute atomic E-state index is 6.02. The van der Waals surface area contributed by atoms with E-state index in [1.165, 1.54) is 0 Å². The molecule has 0 N–H and O–H groups in total. The van der Waals surface area contributed by atoms with Crippen LogP contribution in [0.15, 0.2) is 22.7 Å². The van der Waals surface area contributed by atoms with Gasteiger partial charge in [0.1, 0.15) is 5.75 Å². The van der Waals surface area contributed by atoms with Crippen molar-refractivity contribution in [3.05, 3.63) is 22.7 Å². The number of rotatable bonds is 2. The zero-order valence-electron chi connectivity index (χ0n) is 11.4. The fourth-order valence-corrected chi connectivity index (χ4v) is 2.45. The van der Waals surface area contributed by atoms with Gasteiger partial charge in [-0.25, -0.2) is 0 Å². The smallest absolute Gasteiger partial charge is 0.496 e. The molecule has 0 atom stereocenters. The lowest BCUT2D eigenvalue weighted by molar-refractivity contribution is 0.00578. The fourth-order valence-electron chi connectivity index (χ4n) is 1.84. The van der Waals surface area contributed by atoms with Crippen LogP contribution in [0, 0.1) is 0 Å². The van der Waals surface area contributed by atoms with Gasteiger partial charge in [-0.15, -0.1) is 0 Å². The molecule has 2 rings (SSSR count). The van der Waals surface area contributed by atoms with Gasteiger partial charge in [-0.3, -0.25) is 0 Å². The largest absolute Gasteiger partial charge is 0.496 e. The molecule has 98 valence electrons. The lowest BCUT2D eigenvalue weighted by Crippen LogP contribution is -2.41. The SMILES string of the molecule is COc1cccc(B2OC(C)(C)C(C)(C)O2)c1Br. The second-order valence-corrected chi connectivity index (χ2v) is 6.24. The minimum absolute atomic E-state index is 0.333. The standard InChI is InChI=1S/C13H18BBrO3/c1-12(2)13(3,4)18-14(17-12)9-7-6-8-10(16-5)11(9)15/h6-8H,1-5H3. The van der Waals surface area contributed by atoms with E-state index < -0.39 is 0 Å². The zero-order valence-corrected chi connectivity index (χ0v) is 13.0. The molecule has 0 aliphatic carbocycles. The Morgan fingerprint density at radius 3 is 2.17 bits per heavy atom. The van der Waals surface area contributed by atoms with Crippen molar-refractivity contribution in [3.8, 4) is 5.75 Å². The highest BCUT2D eigenvalue weighted by Gasteiger charge is 2.52. The summed E-state index contributed by atoms with van der Waals surface area (Å²) in [6.07, 6.45) is 0. The van der Waals surface area contributed by atoms with Crippen LogP contribution in [-0.4, -0.2) is 25.4 Å².